The van der Waals surface area contributed by atoms with E-state index in [4.69, 9.17) is 4.98 Å². The van der Waals surface area contributed by atoms with Gasteiger partial charge in [-0.25, -0.2) is 8.78 Å². The van der Waals surface area contributed by atoms with E-state index in [2.05, 4.69) is 26.5 Å². The fraction of sp³-hybridized carbons (Fsp3) is 0.477. The number of fused-ring (bicyclic) bond motifs is 5. The highest BCUT2D eigenvalue weighted by atomic mass is 19.3. The number of carbonyl (C=O) groups is 5. The normalized spacial score (nSPS) is 24.4. The van der Waals surface area contributed by atoms with E-state index in [0.29, 0.717) is 32.6 Å². The Hall–Kier alpha value is -5.61. The molecule has 16 heteroatoms. The Morgan fingerprint density at radius 2 is 1.62 bits per heavy atom. The smallest absolute Gasteiger partial charge is 0.262 e. The molecule has 2 aromatic heterocycles. The largest absolute Gasteiger partial charge is 0.370 e. The molecule has 3 unspecified atom stereocenters. The number of pyridine rings is 1. The SMILES string of the molecule is CC1Cc2c(ccc3[nH]ncc23)C(c2ccc(N3CCC4(CCN(C(=O)CN5Cc6cc7c(cc6C5)C(=O)N(C5CCC(=O)NC5=O)C7=O)CC4)CC3)cn2)N1CC(F)F. The highest BCUT2D eigenvalue weighted by molar-refractivity contribution is 6.23. The minimum atomic E-state index is -2.46. The van der Waals surface area contributed by atoms with E-state index in [1.165, 1.54) is 0 Å². The molecule has 3 fully saturated rings. The van der Waals surface area contributed by atoms with Crippen molar-refractivity contribution < 1.29 is 32.8 Å². The van der Waals surface area contributed by atoms with Gasteiger partial charge in [0.15, 0.2) is 0 Å². The van der Waals surface area contributed by atoms with Crippen molar-refractivity contribution >= 4 is 46.1 Å². The predicted molar refractivity (Wildman–Crippen MR) is 215 cm³/mol. The lowest BCUT2D eigenvalue weighted by Crippen LogP contribution is -2.54. The second-order valence-corrected chi connectivity index (χ2v) is 17.6. The summed E-state index contributed by atoms with van der Waals surface area (Å²) in [6.45, 7) is 6.03. The topological polar surface area (TPSA) is 155 Å². The van der Waals surface area contributed by atoms with E-state index in [1.54, 1.807) is 12.1 Å². The van der Waals surface area contributed by atoms with Crippen LogP contribution >= 0.6 is 0 Å². The number of halogens is 2. The van der Waals surface area contributed by atoms with Crippen LogP contribution < -0.4 is 10.2 Å². The standard InChI is InChI=1S/C44H47F2N9O5/c1-25-16-30-29(3-5-34-33(30)20-48-50-34)40(54(25)23-37(45)46)35-4-2-28(19-47-35)52-12-8-44(9-13-52)10-14-53(15-11-44)39(57)24-51-21-26-17-31-32(18-27(26)22-51)43(60)55(42(31)59)36-6-7-38(56)49-41(36)58/h2-5,17-20,25,36-37,40H,6-16,21-24H2,1H3,(H,48,50)(H,49,56,58). The molecule has 6 aliphatic rings. The quantitative estimate of drug-likeness (QED) is 0.260. The maximum atomic E-state index is 13.9. The van der Waals surface area contributed by atoms with E-state index in [0.717, 1.165) is 88.2 Å². The Kier molecular flexibility index (Phi) is 9.54. The number of H-pyrrole nitrogens is 1. The van der Waals surface area contributed by atoms with Crippen LogP contribution in [0.3, 0.4) is 0 Å². The Morgan fingerprint density at radius 1 is 0.917 bits per heavy atom. The van der Waals surface area contributed by atoms with Crippen LogP contribution in [0.15, 0.2) is 48.8 Å². The molecule has 1 spiro atoms. The first-order valence-corrected chi connectivity index (χ1v) is 21.0. The van der Waals surface area contributed by atoms with Gasteiger partial charge in [0, 0.05) is 57.1 Å². The minimum Gasteiger partial charge on any atom is -0.370 e. The van der Waals surface area contributed by atoms with Crippen molar-refractivity contribution in [3.63, 3.8) is 0 Å². The molecule has 0 saturated carbocycles. The minimum absolute atomic E-state index is 0.0667. The zero-order valence-corrected chi connectivity index (χ0v) is 33.5. The van der Waals surface area contributed by atoms with E-state index < -0.39 is 36.1 Å². The lowest BCUT2D eigenvalue weighted by atomic mass is 9.71. The van der Waals surface area contributed by atoms with Gasteiger partial charge < -0.3 is 9.80 Å². The molecule has 2 N–H and O–H groups in total. The molecule has 0 aliphatic carbocycles. The van der Waals surface area contributed by atoms with Crippen LogP contribution in [0.1, 0.15) is 100 Å². The van der Waals surface area contributed by atoms with Crippen LogP contribution in [-0.4, -0.2) is 122 Å². The van der Waals surface area contributed by atoms with Gasteiger partial charge in [0.25, 0.3) is 18.2 Å². The Bertz CT molecular complexity index is 2370. The van der Waals surface area contributed by atoms with Crippen molar-refractivity contribution in [3.8, 4) is 0 Å². The number of hydrogen-bond acceptors (Lipinski definition) is 10. The highest BCUT2D eigenvalue weighted by Gasteiger charge is 2.46. The van der Waals surface area contributed by atoms with Crippen LogP contribution in [-0.2, 0) is 33.9 Å². The van der Waals surface area contributed by atoms with Crippen molar-refractivity contribution in [1.29, 1.82) is 0 Å². The lowest BCUT2D eigenvalue weighted by molar-refractivity contribution is -0.137. The summed E-state index contributed by atoms with van der Waals surface area (Å²) in [6.07, 6.45) is 5.98. The summed E-state index contributed by atoms with van der Waals surface area (Å²) >= 11 is 0. The third-order valence-corrected chi connectivity index (χ3v) is 14.1. The summed E-state index contributed by atoms with van der Waals surface area (Å²) in [5, 5.41) is 10.5. The summed E-state index contributed by atoms with van der Waals surface area (Å²) in [5.74, 6) is -2.03. The summed E-state index contributed by atoms with van der Waals surface area (Å²) in [6, 6.07) is 10.0. The molecular formula is C44H47F2N9O5. The molecule has 3 saturated heterocycles. The number of piperidine rings is 3. The summed E-state index contributed by atoms with van der Waals surface area (Å²) in [4.78, 5) is 78.5. The number of aromatic nitrogens is 3. The monoisotopic (exact) mass is 819 g/mol. The molecule has 10 rings (SSSR count). The van der Waals surface area contributed by atoms with E-state index in [1.807, 2.05) is 52.2 Å². The van der Waals surface area contributed by atoms with Gasteiger partial charge in [0.2, 0.25) is 17.7 Å². The van der Waals surface area contributed by atoms with Gasteiger partial charge >= 0.3 is 0 Å². The third kappa shape index (κ3) is 6.64. The molecule has 0 bridgehead atoms. The van der Waals surface area contributed by atoms with Crippen LogP contribution in [0.2, 0.25) is 0 Å². The predicted octanol–water partition coefficient (Wildman–Crippen LogP) is 4.19. The van der Waals surface area contributed by atoms with E-state index in [9.17, 15) is 32.8 Å². The first-order chi connectivity index (χ1) is 28.9. The number of aromatic amines is 1. The number of hydrogen-bond donors (Lipinski definition) is 2. The maximum absolute atomic E-state index is 13.9. The molecule has 14 nitrogen and oxygen atoms in total. The average molecular weight is 820 g/mol. The van der Waals surface area contributed by atoms with Crippen LogP contribution in [0.25, 0.3) is 10.9 Å². The number of likely N-dealkylation sites (tertiary alicyclic amines) is 1. The van der Waals surface area contributed by atoms with Crippen molar-refractivity contribution in [3.05, 3.63) is 87.9 Å². The molecule has 4 aromatic rings. The third-order valence-electron chi connectivity index (χ3n) is 14.1. The van der Waals surface area contributed by atoms with Gasteiger partial charge in [-0.1, -0.05) is 6.07 Å². The van der Waals surface area contributed by atoms with Gasteiger partial charge in [0.05, 0.1) is 59.5 Å². The molecular weight excluding hydrogens is 773 g/mol. The fourth-order valence-electron chi connectivity index (χ4n) is 10.8. The van der Waals surface area contributed by atoms with Crippen molar-refractivity contribution in [2.45, 2.75) is 89.5 Å². The number of alkyl halides is 2. The number of imide groups is 2. The number of anilines is 1. The summed E-state index contributed by atoms with van der Waals surface area (Å²) < 4.78 is 27.8. The Morgan fingerprint density at radius 3 is 2.27 bits per heavy atom. The van der Waals surface area contributed by atoms with E-state index in [-0.39, 0.29) is 60.5 Å². The number of carbonyl (C=O) groups excluding carboxylic acids is 5. The first kappa shape index (κ1) is 38.6. The van der Waals surface area contributed by atoms with Gasteiger partial charge in [-0.2, -0.15) is 5.10 Å². The Balaban J connectivity index is 0.735. The molecule has 312 valence electrons. The molecule has 2 aromatic carbocycles. The van der Waals surface area contributed by atoms with E-state index >= 15 is 0 Å². The van der Waals surface area contributed by atoms with Crippen molar-refractivity contribution in [2.75, 3.05) is 44.2 Å². The van der Waals surface area contributed by atoms with Crippen molar-refractivity contribution in [1.82, 2.24) is 40.1 Å². The molecule has 3 atom stereocenters. The van der Waals surface area contributed by atoms with Crippen LogP contribution in [0, 0.1) is 5.41 Å². The van der Waals surface area contributed by atoms with Gasteiger partial charge in [0.1, 0.15) is 6.04 Å². The lowest BCUT2D eigenvalue weighted by Gasteiger charge is -2.47. The van der Waals surface area contributed by atoms with Gasteiger partial charge in [-0.05, 0) is 103 Å². The first-order valence-electron chi connectivity index (χ1n) is 21.0. The molecule has 5 amide bonds. The number of nitrogens with one attached hydrogen (secondary N) is 2. The Labute approximate surface area is 345 Å². The zero-order chi connectivity index (χ0) is 41.4. The average Bonchev–Trinajstić information content (AvgIpc) is 3.94. The molecule has 6 aliphatic heterocycles. The summed E-state index contributed by atoms with van der Waals surface area (Å²) in [5.41, 5.74) is 7.31. The maximum Gasteiger partial charge on any atom is 0.262 e. The number of nitrogens with zero attached hydrogens (tertiary/aromatic N) is 7. The van der Waals surface area contributed by atoms with Crippen LogP contribution in [0.4, 0.5) is 14.5 Å². The zero-order valence-electron chi connectivity index (χ0n) is 33.5. The molecule has 8 heterocycles. The summed E-state index contributed by atoms with van der Waals surface area (Å²) in [7, 11) is 0. The number of amides is 5. The molecule has 60 heavy (non-hydrogen) atoms. The number of benzene rings is 2. The number of rotatable bonds is 7. The van der Waals surface area contributed by atoms with Crippen LogP contribution in [0.5, 0.6) is 0 Å². The van der Waals surface area contributed by atoms with Gasteiger partial charge in [-0.3, -0.25) is 54.1 Å². The molecule has 0 radical (unpaired) electrons. The second kappa shape index (κ2) is 14.8. The van der Waals surface area contributed by atoms with Gasteiger partial charge in [-0.15, -0.1) is 0 Å². The van der Waals surface area contributed by atoms with Crippen molar-refractivity contribution in [2.24, 2.45) is 5.41 Å². The fourth-order valence-corrected chi connectivity index (χ4v) is 10.8. The highest BCUT2D eigenvalue weighted by Crippen LogP contribution is 2.44. The second-order valence-electron chi connectivity index (χ2n) is 17.6.